The Morgan fingerprint density at radius 1 is 1.18 bits per heavy atom. The molecule has 84 valence electrons. The maximum Gasteiger partial charge on any atom is 0.157 e. The van der Waals surface area contributed by atoms with Crippen molar-refractivity contribution in [3.8, 4) is 11.4 Å². The molecule has 0 aliphatic heterocycles. The topological polar surface area (TPSA) is 43.1 Å². The monoisotopic (exact) mass is 308 g/mol. The summed E-state index contributed by atoms with van der Waals surface area (Å²) in [6, 6.07) is 7.35. The van der Waals surface area contributed by atoms with Gasteiger partial charge in [0.15, 0.2) is 5.65 Å². The molecule has 0 aromatic carbocycles. The van der Waals surface area contributed by atoms with Gasteiger partial charge < -0.3 is 0 Å². The molecule has 3 aromatic heterocycles. The number of hydrogen-bond acceptors (Lipinski definition) is 3. The molecular weight excluding hydrogens is 304 g/mol. The summed E-state index contributed by atoms with van der Waals surface area (Å²) in [5, 5.41) is 4.58. The third-order valence-electron chi connectivity index (χ3n) is 2.31. The van der Waals surface area contributed by atoms with Gasteiger partial charge >= 0.3 is 0 Å². The van der Waals surface area contributed by atoms with Crippen LogP contribution in [0.15, 0.2) is 41.1 Å². The summed E-state index contributed by atoms with van der Waals surface area (Å²) in [7, 11) is 0. The summed E-state index contributed by atoms with van der Waals surface area (Å²) in [4.78, 5) is 8.72. The molecule has 6 heteroatoms. The van der Waals surface area contributed by atoms with Crippen LogP contribution in [0.2, 0.25) is 5.15 Å². The first-order valence-corrected chi connectivity index (χ1v) is 6.03. The molecule has 4 nitrogen and oxygen atoms in total. The van der Waals surface area contributed by atoms with Gasteiger partial charge in [-0.1, -0.05) is 11.6 Å². The van der Waals surface area contributed by atoms with Gasteiger partial charge in [-0.2, -0.15) is 5.10 Å². The number of nitrogens with zero attached hydrogens (tertiary/aromatic N) is 4. The second-order valence-electron chi connectivity index (χ2n) is 3.43. The van der Waals surface area contributed by atoms with Crippen molar-refractivity contribution in [1.29, 1.82) is 0 Å². The van der Waals surface area contributed by atoms with Crippen molar-refractivity contribution in [2.75, 3.05) is 0 Å². The summed E-state index contributed by atoms with van der Waals surface area (Å²) in [6.45, 7) is 0. The highest BCUT2D eigenvalue weighted by Gasteiger charge is 2.07. The third kappa shape index (κ3) is 1.92. The van der Waals surface area contributed by atoms with Crippen LogP contribution in [0.4, 0.5) is 0 Å². The van der Waals surface area contributed by atoms with Gasteiger partial charge in [-0.15, -0.1) is 0 Å². The molecule has 0 radical (unpaired) electrons. The van der Waals surface area contributed by atoms with Crippen molar-refractivity contribution in [3.05, 3.63) is 46.3 Å². The molecule has 17 heavy (non-hydrogen) atoms. The van der Waals surface area contributed by atoms with E-state index in [1.807, 2.05) is 12.1 Å². The van der Waals surface area contributed by atoms with Crippen LogP contribution in [0.5, 0.6) is 0 Å². The van der Waals surface area contributed by atoms with Crippen molar-refractivity contribution in [3.63, 3.8) is 0 Å². The van der Waals surface area contributed by atoms with Gasteiger partial charge in [0.05, 0.1) is 17.6 Å². The number of rotatable bonds is 1. The fourth-order valence-electron chi connectivity index (χ4n) is 1.53. The maximum absolute atomic E-state index is 6.11. The van der Waals surface area contributed by atoms with Crippen LogP contribution in [-0.2, 0) is 0 Å². The van der Waals surface area contributed by atoms with Crippen molar-refractivity contribution in [2.24, 2.45) is 0 Å². The lowest BCUT2D eigenvalue weighted by molar-refractivity contribution is 0.940. The first-order valence-electron chi connectivity index (χ1n) is 4.86. The lowest BCUT2D eigenvalue weighted by Crippen LogP contribution is -1.95. The molecule has 0 aliphatic rings. The van der Waals surface area contributed by atoms with E-state index in [0.29, 0.717) is 10.8 Å². The highest BCUT2D eigenvalue weighted by atomic mass is 79.9. The van der Waals surface area contributed by atoms with E-state index < -0.39 is 0 Å². The summed E-state index contributed by atoms with van der Waals surface area (Å²) in [6.07, 6.45) is 3.39. The molecule has 0 N–H and O–H groups in total. The van der Waals surface area contributed by atoms with Crippen LogP contribution >= 0.6 is 27.5 Å². The molecule has 0 amide bonds. The second-order valence-corrected chi connectivity index (χ2v) is 4.73. The molecule has 0 aliphatic carbocycles. The van der Waals surface area contributed by atoms with E-state index in [0.717, 1.165) is 15.9 Å². The fraction of sp³-hybridized carbons (Fsp3) is 0. The Kier molecular flexibility index (Phi) is 2.57. The van der Waals surface area contributed by atoms with Crippen LogP contribution in [0.1, 0.15) is 0 Å². The number of halogens is 2. The molecule has 0 spiro atoms. The summed E-state index contributed by atoms with van der Waals surface area (Å²) < 4.78 is 2.50. The summed E-state index contributed by atoms with van der Waals surface area (Å²) in [5.74, 6) is 0. The lowest BCUT2D eigenvalue weighted by atomic mass is 10.2. The van der Waals surface area contributed by atoms with Crippen LogP contribution < -0.4 is 0 Å². The van der Waals surface area contributed by atoms with Gasteiger partial charge in [-0.05, 0) is 28.1 Å². The van der Waals surface area contributed by atoms with Crippen LogP contribution in [-0.4, -0.2) is 19.6 Å². The minimum Gasteiger partial charge on any atom is -0.253 e. The normalized spacial score (nSPS) is 10.9. The van der Waals surface area contributed by atoms with Crippen LogP contribution in [0.25, 0.3) is 17.0 Å². The molecule has 3 rings (SSSR count). The largest absolute Gasteiger partial charge is 0.253 e. The van der Waals surface area contributed by atoms with E-state index in [2.05, 4.69) is 31.0 Å². The first-order chi connectivity index (χ1) is 8.24. The molecule has 0 bridgehead atoms. The number of pyridine rings is 1. The molecule has 0 unspecified atom stereocenters. The van der Waals surface area contributed by atoms with Gasteiger partial charge in [0.1, 0.15) is 5.15 Å². The molecule has 0 saturated carbocycles. The minimum atomic E-state index is 0.514. The Labute approximate surface area is 110 Å². The smallest absolute Gasteiger partial charge is 0.157 e. The van der Waals surface area contributed by atoms with Crippen molar-refractivity contribution >= 4 is 33.2 Å². The van der Waals surface area contributed by atoms with Gasteiger partial charge in [0, 0.05) is 22.8 Å². The minimum absolute atomic E-state index is 0.514. The summed E-state index contributed by atoms with van der Waals surface area (Å²) >= 11 is 9.45. The van der Waals surface area contributed by atoms with E-state index in [9.17, 15) is 0 Å². The Balaban J connectivity index is 2.20. The molecule has 0 fully saturated rings. The van der Waals surface area contributed by atoms with Crippen LogP contribution in [0.3, 0.4) is 0 Å². The maximum atomic E-state index is 6.11. The third-order valence-corrected chi connectivity index (χ3v) is 3.04. The summed E-state index contributed by atoms with van der Waals surface area (Å²) in [5.41, 5.74) is 2.21. The predicted octanol–water partition coefficient (Wildman–Crippen LogP) is 3.21. The quantitative estimate of drug-likeness (QED) is 0.648. The standard InChI is InChI=1S/C11H6BrClN4/c12-7-1-2-8(14-6-7)9-5-10(13)17-11(16-9)3-4-15-17/h1-6H. The Hall–Kier alpha value is -1.46. The highest BCUT2D eigenvalue weighted by Crippen LogP contribution is 2.21. The number of hydrogen-bond donors (Lipinski definition) is 0. The van der Waals surface area contributed by atoms with E-state index in [1.54, 1.807) is 29.0 Å². The van der Waals surface area contributed by atoms with E-state index in [1.165, 1.54) is 0 Å². The number of fused-ring (bicyclic) bond motifs is 1. The lowest BCUT2D eigenvalue weighted by Gasteiger charge is -2.02. The fourth-order valence-corrected chi connectivity index (χ4v) is 2.00. The Morgan fingerprint density at radius 2 is 2.06 bits per heavy atom. The zero-order valence-electron chi connectivity index (χ0n) is 8.51. The van der Waals surface area contributed by atoms with E-state index in [-0.39, 0.29) is 0 Å². The second kappa shape index (κ2) is 4.09. The predicted molar refractivity (Wildman–Crippen MR) is 68.9 cm³/mol. The highest BCUT2D eigenvalue weighted by molar-refractivity contribution is 9.10. The average Bonchev–Trinajstić information content (AvgIpc) is 2.78. The van der Waals surface area contributed by atoms with E-state index >= 15 is 0 Å². The zero-order valence-corrected chi connectivity index (χ0v) is 10.9. The first kappa shape index (κ1) is 10.7. The average molecular weight is 310 g/mol. The molecular formula is C11H6BrClN4. The SMILES string of the molecule is Clc1cc(-c2ccc(Br)cn2)nc2ccnn12. The van der Waals surface area contributed by atoms with Crippen molar-refractivity contribution < 1.29 is 0 Å². The molecule has 3 heterocycles. The molecule has 0 saturated heterocycles. The van der Waals surface area contributed by atoms with Crippen molar-refractivity contribution in [1.82, 2.24) is 19.6 Å². The van der Waals surface area contributed by atoms with E-state index in [4.69, 9.17) is 11.6 Å². The van der Waals surface area contributed by atoms with Gasteiger partial charge in [-0.25, -0.2) is 9.50 Å². The molecule has 3 aromatic rings. The van der Waals surface area contributed by atoms with Gasteiger partial charge in [-0.3, -0.25) is 4.98 Å². The molecule has 0 atom stereocenters. The Morgan fingerprint density at radius 3 is 2.82 bits per heavy atom. The van der Waals surface area contributed by atoms with Crippen molar-refractivity contribution in [2.45, 2.75) is 0 Å². The van der Waals surface area contributed by atoms with Gasteiger partial charge in [0.25, 0.3) is 0 Å². The number of aromatic nitrogens is 4. The van der Waals surface area contributed by atoms with Gasteiger partial charge in [0.2, 0.25) is 0 Å². The zero-order chi connectivity index (χ0) is 11.8. The van der Waals surface area contributed by atoms with Crippen LogP contribution in [0, 0.1) is 0 Å². The Bertz CT molecular complexity index is 678.